The van der Waals surface area contributed by atoms with E-state index in [1.165, 1.54) is 5.56 Å². The minimum absolute atomic E-state index is 0.00199. The average molecular weight is 268 g/mol. The van der Waals surface area contributed by atoms with Crippen LogP contribution in [0.15, 0.2) is 42.6 Å². The third kappa shape index (κ3) is 2.25. The fourth-order valence-electron chi connectivity index (χ4n) is 2.55. The van der Waals surface area contributed by atoms with E-state index in [2.05, 4.69) is 11.1 Å². The Labute approximate surface area is 118 Å². The average Bonchev–Trinajstić information content (AvgIpc) is 2.53. The molecule has 0 unspecified atom stereocenters. The number of hydrogen-bond acceptors (Lipinski definition) is 3. The molecule has 0 aliphatic carbocycles. The van der Waals surface area contributed by atoms with E-state index in [1.807, 2.05) is 23.1 Å². The minimum atomic E-state index is -0.00199. The summed E-state index contributed by atoms with van der Waals surface area (Å²) in [7, 11) is 1.55. The molecule has 20 heavy (non-hydrogen) atoms. The number of para-hydroxylation sites is 1. The summed E-state index contributed by atoms with van der Waals surface area (Å²) in [6.45, 7) is 0.750. The lowest BCUT2D eigenvalue weighted by Gasteiger charge is -2.29. The molecule has 4 nitrogen and oxygen atoms in total. The summed E-state index contributed by atoms with van der Waals surface area (Å²) in [5, 5.41) is 0. The Balaban J connectivity index is 1.95. The van der Waals surface area contributed by atoms with Crippen molar-refractivity contribution in [1.82, 2.24) is 4.98 Å². The molecule has 2 aromatic rings. The standard InChI is InChI=1S/C16H16N2O2/c1-20-15-11-13(8-9-17-15)16(19)18-10-4-6-12-5-2-3-7-14(12)18/h2-3,5,7-9,11H,4,6,10H2,1H3. The van der Waals surface area contributed by atoms with Crippen LogP contribution in [0.3, 0.4) is 0 Å². The number of fused-ring (bicyclic) bond motifs is 1. The number of aryl methyl sites for hydroxylation is 1. The van der Waals surface area contributed by atoms with Gasteiger partial charge >= 0.3 is 0 Å². The molecule has 4 heteroatoms. The molecular formula is C16H16N2O2. The fraction of sp³-hybridized carbons (Fsp3) is 0.250. The first-order valence-electron chi connectivity index (χ1n) is 6.69. The lowest BCUT2D eigenvalue weighted by atomic mass is 10.0. The number of carbonyl (C=O) groups is 1. The second-order valence-corrected chi connectivity index (χ2v) is 4.78. The molecule has 1 aromatic carbocycles. The zero-order chi connectivity index (χ0) is 13.9. The summed E-state index contributed by atoms with van der Waals surface area (Å²) >= 11 is 0. The van der Waals surface area contributed by atoms with Crippen LogP contribution in [-0.4, -0.2) is 24.5 Å². The summed E-state index contributed by atoms with van der Waals surface area (Å²) in [5.74, 6) is 0.457. The van der Waals surface area contributed by atoms with Gasteiger partial charge in [-0.2, -0.15) is 0 Å². The van der Waals surface area contributed by atoms with Crippen LogP contribution in [0.5, 0.6) is 5.88 Å². The third-order valence-electron chi connectivity index (χ3n) is 3.55. The van der Waals surface area contributed by atoms with Crippen molar-refractivity contribution in [2.24, 2.45) is 0 Å². The van der Waals surface area contributed by atoms with E-state index in [4.69, 9.17) is 4.74 Å². The highest BCUT2D eigenvalue weighted by Crippen LogP contribution is 2.28. The number of pyridine rings is 1. The van der Waals surface area contributed by atoms with Crippen molar-refractivity contribution in [3.8, 4) is 5.88 Å². The molecule has 0 saturated heterocycles. The first-order chi connectivity index (χ1) is 9.79. The van der Waals surface area contributed by atoms with E-state index in [0.29, 0.717) is 11.4 Å². The highest BCUT2D eigenvalue weighted by Gasteiger charge is 2.23. The number of amides is 1. The third-order valence-corrected chi connectivity index (χ3v) is 3.55. The summed E-state index contributed by atoms with van der Waals surface area (Å²) in [4.78, 5) is 18.6. The van der Waals surface area contributed by atoms with Crippen LogP contribution in [0, 0.1) is 0 Å². The molecular weight excluding hydrogens is 252 g/mol. The first kappa shape index (κ1) is 12.7. The maximum atomic E-state index is 12.7. The number of anilines is 1. The van der Waals surface area contributed by atoms with E-state index < -0.39 is 0 Å². The number of methoxy groups -OCH3 is 1. The summed E-state index contributed by atoms with van der Waals surface area (Å²) < 4.78 is 5.08. The van der Waals surface area contributed by atoms with Gasteiger partial charge in [0.1, 0.15) is 0 Å². The lowest BCUT2D eigenvalue weighted by Crippen LogP contribution is -2.35. The smallest absolute Gasteiger partial charge is 0.258 e. The SMILES string of the molecule is COc1cc(C(=O)N2CCCc3ccccc32)ccn1. The van der Waals surface area contributed by atoms with Crippen LogP contribution < -0.4 is 9.64 Å². The molecule has 0 fully saturated rings. The van der Waals surface area contributed by atoms with Gasteiger partial charge < -0.3 is 9.64 Å². The first-order valence-corrected chi connectivity index (χ1v) is 6.69. The van der Waals surface area contributed by atoms with Gasteiger partial charge in [-0.1, -0.05) is 18.2 Å². The summed E-state index contributed by atoms with van der Waals surface area (Å²) in [6.07, 6.45) is 3.62. The monoisotopic (exact) mass is 268 g/mol. The molecule has 0 atom stereocenters. The molecule has 1 aromatic heterocycles. The molecule has 0 N–H and O–H groups in total. The molecule has 0 bridgehead atoms. The number of benzene rings is 1. The van der Waals surface area contributed by atoms with Gasteiger partial charge in [0.25, 0.3) is 5.91 Å². The Bertz CT molecular complexity index is 640. The van der Waals surface area contributed by atoms with Gasteiger partial charge in [-0.15, -0.1) is 0 Å². The van der Waals surface area contributed by atoms with Crippen molar-refractivity contribution in [2.45, 2.75) is 12.8 Å². The van der Waals surface area contributed by atoms with Crippen LogP contribution >= 0.6 is 0 Å². The second kappa shape index (κ2) is 5.33. The zero-order valence-corrected chi connectivity index (χ0v) is 11.4. The predicted molar refractivity (Wildman–Crippen MR) is 77.2 cm³/mol. The maximum Gasteiger partial charge on any atom is 0.258 e. The number of ether oxygens (including phenoxy) is 1. The normalized spacial score (nSPS) is 13.8. The number of aromatic nitrogens is 1. The van der Waals surface area contributed by atoms with Crippen molar-refractivity contribution in [3.63, 3.8) is 0 Å². The Kier molecular flexibility index (Phi) is 3.37. The second-order valence-electron chi connectivity index (χ2n) is 4.78. The van der Waals surface area contributed by atoms with Crippen LogP contribution in [0.4, 0.5) is 5.69 Å². The van der Waals surface area contributed by atoms with E-state index in [0.717, 1.165) is 25.1 Å². The Hall–Kier alpha value is -2.36. The van der Waals surface area contributed by atoms with Crippen molar-refractivity contribution in [3.05, 3.63) is 53.7 Å². The fourth-order valence-corrected chi connectivity index (χ4v) is 2.55. The van der Waals surface area contributed by atoms with Gasteiger partial charge in [-0.05, 0) is 30.5 Å². The van der Waals surface area contributed by atoms with Gasteiger partial charge in [0, 0.05) is 30.1 Å². The van der Waals surface area contributed by atoms with E-state index in [1.54, 1.807) is 25.4 Å². The molecule has 0 radical (unpaired) electrons. The number of carbonyl (C=O) groups excluding carboxylic acids is 1. The highest BCUT2D eigenvalue weighted by molar-refractivity contribution is 6.06. The van der Waals surface area contributed by atoms with Crippen LogP contribution in [0.1, 0.15) is 22.3 Å². The maximum absolute atomic E-state index is 12.7. The number of rotatable bonds is 2. The van der Waals surface area contributed by atoms with Crippen molar-refractivity contribution in [2.75, 3.05) is 18.6 Å². The lowest BCUT2D eigenvalue weighted by molar-refractivity contribution is 0.0984. The van der Waals surface area contributed by atoms with Crippen molar-refractivity contribution in [1.29, 1.82) is 0 Å². The predicted octanol–water partition coefficient (Wildman–Crippen LogP) is 2.68. The van der Waals surface area contributed by atoms with Gasteiger partial charge in [0.15, 0.2) is 0 Å². The van der Waals surface area contributed by atoms with Crippen molar-refractivity contribution >= 4 is 11.6 Å². The number of hydrogen-bond donors (Lipinski definition) is 0. The van der Waals surface area contributed by atoms with Gasteiger partial charge in [-0.3, -0.25) is 4.79 Å². The zero-order valence-electron chi connectivity index (χ0n) is 11.4. The van der Waals surface area contributed by atoms with Crippen LogP contribution in [-0.2, 0) is 6.42 Å². The van der Waals surface area contributed by atoms with Crippen LogP contribution in [0.2, 0.25) is 0 Å². The topological polar surface area (TPSA) is 42.4 Å². The molecule has 0 spiro atoms. The molecule has 1 amide bonds. The molecule has 102 valence electrons. The van der Waals surface area contributed by atoms with E-state index in [9.17, 15) is 4.79 Å². The molecule has 1 aliphatic rings. The molecule has 2 heterocycles. The molecule has 1 aliphatic heterocycles. The molecule has 3 rings (SSSR count). The molecule has 0 saturated carbocycles. The highest BCUT2D eigenvalue weighted by atomic mass is 16.5. The Morgan fingerprint density at radius 1 is 1.30 bits per heavy atom. The Morgan fingerprint density at radius 3 is 3.00 bits per heavy atom. The number of nitrogens with zero attached hydrogens (tertiary/aromatic N) is 2. The Morgan fingerprint density at radius 2 is 2.15 bits per heavy atom. The van der Waals surface area contributed by atoms with Gasteiger partial charge in [0.2, 0.25) is 5.88 Å². The summed E-state index contributed by atoms with van der Waals surface area (Å²) in [5.41, 5.74) is 2.85. The van der Waals surface area contributed by atoms with Crippen molar-refractivity contribution < 1.29 is 9.53 Å². The quantitative estimate of drug-likeness (QED) is 0.841. The largest absolute Gasteiger partial charge is 0.481 e. The van der Waals surface area contributed by atoms with Gasteiger partial charge in [0.05, 0.1) is 7.11 Å². The van der Waals surface area contributed by atoms with Gasteiger partial charge in [-0.25, -0.2) is 4.98 Å². The minimum Gasteiger partial charge on any atom is -0.481 e. The van der Waals surface area contributed by atoms with E-state index in [-0.39, 0.29) is 5.91 Å². The summed E-state index contributed by atoms with van der Waals surface area (Å²) in [6, 6.07) is 11.5. The van der Waals surface area contributed by atoms with E-state index >= 15 is 0 Å². The van der Waals surface area contributed by atoms with Crippen LogP contribution in [0.25, 0.3) is 0 Å².